The molecule has 1 atom stereocenters. The van der Waals surface area contributed by atoms with Crippen molar-refractivity contribution in [3.8, 4) is 0 Å². The van der Waals surface area contributed by atoms with Gasteiger partial charge in [-0.3, -0.25) is 4.79 Å². The summed E-state index contributed by atoms with van der Waals surface area (Å²) >= 11 is 11.9. The summed E-state index contributed by atoms with van der Waals surface area (Å²) in [6, 6.07) is 5.29. The Bertz CT molecular complexity index is 415. The maximum absolute atomic E-state index is 11.7. The van der Waals surface area contributed by atoms with Crippen LogP contribution in [0, 0.1) is 0 Å². The van der Waals surface area contributed by atoms with Crippen molar-refractivity contribution >= 4 is 34.8 Å². The van der Waals surface area contributed by atoms with Gasteiger partial charge >= 0.3 is 0 Å². The smallest absolute Gasteiger partial charge is 0.238 e. The van der Waals surface area contributed by atoms with Gasteiger partial charge in [-0.2, -0.15) is 0 Å². The van der Waals surface area contributed by atoms with Crippen LogP contribution in [0.5, 0.6) is 0 Å². The Morgan fingerprint density at radius 1 is 1.44 bits per heavy atom. The van der Waals surface area contributed by atoms with Gasteiger partial charge in [-0.1, -0.05) is 35.3 Å². The van der Waals surface area contributed by atoms with E-state index in [0.29, 0.717) is 15.7 Å². The summed E-state index contributed by atoms with van der Waals surface area (Å²) in [6.07, 6.45) is 2.61. The number of anilines is 1. The zero-order chi connectivity index (χ0) is 13.5. The molecular formula is C13H16Cl2N2O. The lowest BCUT2D eigenvalue weighted by Gasteiger charge is -2.13. The lowest BCUT2D eigenvalue weighted by Crippen LogP contribution is -2.34. The van der Waals surface area contributed by atoms with E-state index in [-0.39, 0.29) is 18.5 Å². The largest absolute Gasteiger partial charge is 0.322 e. The van der Waals surface area contributed by atoms with E-state index in [2.05, 4.69) is 17.2 Å². The summed E-state index contributed by atoms with van der Waals surface area (Å²) in [4.78, 5) is 11.7. The number of rotatable bonds is 6. The molecule has 0 aromatic heterocycles. The van der Waals surface area contributed by atoms with Crippen molar-refractivity contribution in [2.75, 3.05) is 11.9 Å². The molecule has 0 fully saturated rings. The monoisotopic (exact) mass is 286 g/mol. The van der Waals surface area contributed by atoms with E-state index in [4.69, 9.17) is 23.2 Å². The number of hydrogen-bond acceptors (Lipinski definition) is 2. The van der Waals surface area contributed by atoms with Gasteiger partial charge in [0.05, 0.1) is 22.3 Å². The van der Waals surface area contributed by atoms with Crippen LogP contribution in [0.2, 0.25) is 10.0 Å². The molecule has 0 radical (unpaired) electrons. The molecule has 0 aliphatic rings. The highest BCUT2D eigenvalue weighted by molar-refractivity contribution is 6.39. The SMILES string of the molecule is C=CCC(C)NCC(=O)Nc1c(Cl)cccc1Cl. The Hall–Kier alpha value is -1.03. The number of halogens is 2. The van der Waals surface area contributed by atoms with Crippen molar-refractivity contribution in [1.29, 1.82) is 0 Å². The van der Waals surface area contributed by atoms with Crippen molar-refractivity contribution in [1.82, 2.24) is 5.32 Å². The van der Waals surface area contributed by atoms with Crippen LogP contribution in [-0.4, -0.2) is 18.5 Å². The van der Waals surface area contributed by atoms with E-state index in [9.17, 15) is 4.79 Å². The van der Waals surface area contributed by atoms with E-state index < -0.39 is 0 Å². The molecule has 3 nitrogen and oxygen atoms in total. The molecule has 0 saturated carbocycles. The van der Waals surface area contributed by atoms with E-state index in [1.54, 1.807) is 24.3 Å². The van der Waals surface area contributed by atoms with Crippen molar-refractivity contribution in [3.05, 3.63) is 40.9 Å². The maximum Gasteiger partial charge on any atom is 0.238 e. The summed E-state index contributed by atoms with van der Waals surface area (Å²) in [5, 5.41) is 6.61. The van der Waals surface area contributed by atoms with Crippen molar-refractivity contribution < 1.29 is 4.79 Å². The first kappa shape index (κ1) is 15.0. The summed E-state index contributed by atoms with van der Waals surface area (Å²) in [5.74, 6) is -0.180. The molecule has 0 saturated heterocycles. The molecule has 5 heteroatoms. The topological polar surface area (TPSA) is 41.1 Å². The van der Waals surface area contributed by atoms with Gasteiger partial charge in [0.25, 0.3) is 0 Å². The van der Waals surface area contributed by atoms with Crippen LogP contribution in [0.15, 0.2) is 30.9 Å². The second-order valence-electron chi connectivity index (χ2n) is 3.95. The highest BCUT2D eigenvalue weighted by Gasteiger charge is 2.10. The first-order valence-electron chi connectivity index (χ1n) is 5.62. The predicted molar refractivity (Wildman–Crippen MR) is 77.4 cm³/mol. The molecule has 1 amide bonds. The average molecular weight is 287 g/mol. The molecule has 1 aromatic carbocycles. The molecule has 1 unspecified atom stereocenters. The minimum absolute atomic E-state index is 0.180. The molecule has 1 rings (SSSR count). The summed E-state index contributed by atoms with van der Waals surface area (Å²) in [7, 11) is 0. The quantitative estimate of drug-likeness (QED) is 0.786. The minimum Gasteiger partial charge on any atom is -0.322 e. The number of hydrogen-bond donors (Lipinski definition) is 2. The van der Waals surface area contributed by atoms with E-state index in [1.165, 1.54) is 0 Å². The molecule has 98 valence electrons. The number of para-hydroxylation sites is 1. The lowest BCUT2D eigenvalue weighted by atomic mass is 10.2. The van der Waals surface area contributed by atoms with E-state index in [1.807, 2.05) is 6.92 Å². The normalized spacial score (nSPS) is 11.9. The molecule has 0 aliphatic heterocycles. The minimum atomic E-state index is -0.180. The number of nitrogens with one attached hydrogen (secondary N) is 2. The van der Waals surface area contributed by atoms with Crippen molar-refractivity contribution in [3.63, 3.8) is 0 Å². The van der Waals surface area contributed by atoms with Crippen LogP contribution < -0.4 is 10.6 Å². The molecular weight excluding hydrogens is 271 g/mol. The Kier molecular flexibility index (Phi) is 6.19. The molecule has 0 spiro atoms. The third-order valence-electron chi connectivity index (χ3n) is 2.36. The molecule has 0 bridgehead atoms. The first-order valence-corrected chi connectivity index (χ1v) is 6.38. The molecule has 2 N–H and O–H groups in total. The third kappa shape index (κ3) is 4.69. The number of benzene rings is 1. The fourth-order valence-corrected chi connectivity index (χ4v) is 1.89. The van der Waals surface area contributed by atoms with Crippen LogP contribution in [0.4, 0.5) is 5.69 Å². The second-order valence-corrected chi connectivity index (χ2v) is 4.77. The zero-order valence-electron chi connectivity index (χ0n) is 10.2. The van der Waals surface area contributed by atoms with Gasteiger partial charge in [0.1, 0.15) is 0 Å². The number of carbonyl (C=O) groups is 1. The molecule has 0 aliphatic carbocycles. The van der Waals surface area contributed by atoms with Crippen LogP contribution in [0.25, 0.3) is 0 Å². The van der Waals surface area contributed by atoms with Gasteiger partial charge in [0.2, 0.25) is 5.91 Å². The summed E-state index contributed by atoms with van der Waals surface area (Å²) in [5.41, 5.74) is 0.448. The fourth-order valence-electron chi connectivity index (χ4n) is 1.40. The van der Waals surface area contributed by atoms with Gasteiger partial charge in [-0.05, 0) is 25.5 Å². The van der Waals surface area contributed by atoms with Gasteiger partial charge in [0.15, 0.2) is 0 Å². The van der Waals surface area contributed by atoms with E-state index in [0.717, 1.165) is 6.42 Å². The number of carbonyl (C=O) groups excluding carboxylic acids is 1. The van der Waals surface area contributed by atoms with Gasteiger partial charge in [-0.25, -0.2) is 0 Å². The lowest BCUT2D eigenvalue weighted by molar-refractivity contribution is -0.115. The standard InChI is InChI=1S/C13H16Cl2N2O/c1-3-5-9(2)16-8-12(18)17-13-10(14)6-4-7-11(13)15/h3-4,6-7,9,16H,1,5,8H2,2H3,(H,17,18). The van der Waals surface area contributed by atoms with Crippen molar-refractivity contribution in [2.45, 2.75) is 19.4 Å². The Morgan fingerprint density at radius 3 is 2.61 bits per heavy atom. The van der Waals surface area contributed by atoms with E-state index >= 15 is 0 Å². The van der Waals surface area contributed by atoms with Crippen molar-refractivity contribution in [2.24, 2.45) is 0 Å². The highest BCUT2D eigenvalue weighted by atomic mass is 35.5. The predicted octanol–water partition coefficient (Wildman–Crippen LogP) is 3.49. The Balaban J connectivity index is 2.52. The van der Waals surface area contributed by atoms with Crippen LogP contribution >= 0.6 is 23.2 Å². The first-order chi connectivity index (χ1) is 8.54. The average Bonchev–Trinajstić information content (AvgIpc) is 2.32. The fraction of sp³-hybridized carbons (Fsp3) is 0.308. The van der Waals surface area contributed by atoms with Crippen LogP contribution in [0.3, 0.4) is 0 Å². The van der Waals surface area contributed by atoms with Gasteiger partial charge in [-0.15, -0.1) is 6.58 Å². The Morgan fingerprint density at radius 2 is 2.06 bits per heavy atom. The number of amides is 1. The molecule has 18 heavy (non-hydrogen) atoms. The maximum atomic E-state index is 11.7. The van der Waals surface area contributed by atoms with Crippen LogP contribution in [-0.2, 0) is 4.79 Å². The molecule has 0 heterocycles. The third-order valence-corrected chi connectivity index (χ3v) is 2.99. The summed E-state index contributed by atoms with van der Waals surface area (Å²) < 4.78 is 0. The zero-order valence-corrected chi connectivity index (χ0v) is 11.7. The van der Waals surface area contributed by atoms with Gasteiger partial charge < -0.3 is 10.6 Å². The van der Waals surface area contributed by atoms with Crippen LogP contribution in [0.1, 0.15) is 13.3 Å². The second kappa shape index (κ2) is 7.41. The molecule has 1 aromatic rings. The highest BCUT2D eigenvalue weighted by Crippen LogP contribution is 2.29. The summed E-state index contributed by atoms with van der Waals surface area (Å²) in [6.45, 7) is 5.83. The van der Waals surface area contributed by atoms with Gasteiger partial charge in [0, 0.05) is 6.04 Å². The Labute approximate surface area is 117 Å².